The zero-order valence-electron chi connectivity index (χ0n) is 13.6. The Morgan fingerprint density at radius 3 is 2.64 bits per heavy atom. The van der Waals surface area contributed by atoms with E-state index in [0.29, 0.717) is 13.0 Å². The van der Waals surface area contributed by atoms with E-state index in [0.717, 1.165) is 44.5 Å². The number of alkyl halides is 1. The molecule has 0 unspecified atom stereocenters. The van der Waals surface area contributed by atoms with Gasteiger partial charge in [-0.2, -0.15) is 0 Å². The molecule has 5 heteroatoms. The van der Waals surface area contributed by atoms with E-state index in [1.807, 2.05) is 48.7 Å². The van der Waals surface area contributed by atoms with Gasteiger partial charge in [0.15, 0.2) is 0 Å². The standard InChI is InChI=1S/C20H18FN3O/c21-8-1-9-25-16-6-7-17-18(11-16)24-19-10-14(12-23-20(17)19)13-2-4-15(22)5-3-13/h2-7,10-12,24H,1,8-9,22H2. The average molecular weight is 335 g/mol. The Balaban J connectivity index is 1.72. The SMILES string of the molecule is Nc1ccc(-c2cnc3c(c2)[nH]c2cc(OCCCF)ccc23)cc1. The van der Waals surface area contributed by atoms with Gasteiger partial charge in [-0.3, -0.25) is 9.37 Å². The van der Waals surface area contributed by atoms with Crippen LogP contribution in [0.3, 0.4) is 0 Å². The van der Waals surface area contributed by atoms with Gasteiger partial charge in [-0.25, -0.2) is 0 Å². The number of hydrogen-bond donors (Lipinski definition) is 2. The Morgan fingerprint density at radius 1 is 1.00 bits per heavy atom. The number of aromatic nitrogens is 2. The largest absolute Gasteiger partial charge is 0.493 e. The molecule has 0 amide bonds. The van der Waals surface area contributed by atoms with Crippen molar-refractivity contribution in [2.24, 2.45) is 0 Å². The van der Waals surface area contributed by atoms with Crippen molar-refractivity contribution in [3.8, 4) is 16.9 Å². The third-order valence-corrected chi connectivity index (χ3v) is 4.19. The van der Waals surface area contributed by atoms with E-state index in [-0.39, 0.29) is 6.67 Å². The topological polar surface area (TPSA) is 63.9 Å². The van der Waals surface area contributed by atoms with Gasteiger partial charge in [0.1, 0.15) is 5.75 Å². The Hall–Kier alpha value is -3.08. The molecule has 0 bridgehead atoms. The average Bonchev–Trinajstić information content (AvgIpc) is 2.99. The first kappa shape index (κ1) is 15.4. The first-order valence-corrected chi connectivity index (χ1v) is 8.21. The lowest BCUT2D eigenvalue weighted by Crippen LogP contribution is -1.97. The van der Waals surface area contributed by atoms with Crippen LogP contribution >= 0.6 is 0 Å². The van der Waals surface area contributed by atoms with Gasteiger partial charge in [0, 0.05) is 35.3 Å². The third kappa shape index (κ3) is 3.01. The van der Waals surface area contributed by atoms with Gasteiger partial charge in [0.2, 0.25) is 0 Å². The van der Waals surface area contributed by atoms with Crippen molar-refractivity contribution >= 4 is 27.6 Å². The van der Waals surface area contributed by atoms with Crippen LogP contribution < -0.4 is 10.5 Å². The summed E-state index contributed by atoms with van der Waals surface area (Å²) in [5.41, 5.74) is 11.4. The molecule has 0 radical (unpaired) electrons. The summed E-state index contributed by atoms with van der Waals surface area (Å²) in [6.07, 6.45) is 2.27. The summed E-state index contributed by atoms with van der Waals surface area (Å²) in [5.74, 6) is 0.728. The molecule has 0 saturated heterocycles. The maximum atomic E-state index is 12.2. The van der Waals surface area contributed by atoms with E-state index in [4.69, 9.17) is 10.5 Å². The fraction of sp³-hybridized carbons (Fsp3) is 0.150. The predicted octanol–water partition coefficient (Wildman–Crippen LogP) is 4.70. The van der Waals surface area contributed by atoms with Crippen LogP contribution in [0.15, 0.2) is 54.7 Å². The van der Waals surface area contributed by atoms with Crippen molar-refractivity contribution < 1.29 is 9.13 Å². The number of anilines is 1. The van der Waals surface area contributed by atoms with Crippen molar-refractivity contribution in [1.82, 2.24) is 9.97 Å². The molecule has 25 heavy (non-hydrogen) atoms. The highest BCUT2D eigenvalue weighted by Gasteiger charge is 2.08. The minimum Gasteiger partial charge on any atom is -0.493 e. The number of fused-ring (bicyclic) bond motifs is 3. The van der Waals surface area contributed by atoms with Crippen LogP contribution in [0.2, 0.25) is 0 Å². The van der Waals surface area contributed by atoms with Crippen molar-refractivity contribution in [2.75, 3.05) is 19.0 Å². The molecule has 126 valence electrons. The van der Waals surface area contributed by atoms with Crippen molar-refractivity contribution in [3.63, 3.8) is 0 Å². The molecule has 0 fully saturated rings. The number of rotatable bonds is 5. The van der Waals surface area contributed by atoms with Gasteiger partial charge >= 0.3 is 0 Å². The number of aromatic amines is 1. The molecular weight excluding hydrogens is 317 g/mol. The van der Waals surface area contributed by atoms with Gasteiger partial charge < -0.3 is 15.5 Å². The lowest BCUT2D eigenvalue weighted by Gasteiger charge is -2.04. The van der Waals surface area contributed by atoms with Crippen molar-refractivity contribution in [1.29, 1.82) is 0 Å². The second-order valence-electron chi connectivity index (χ2n) is 5.97. The first-order valence-electron chi connectivity index (χ1n) is 8.21. The minimum atomic E-state index is -0.369. The van der Waals surface area contributed by atoms with Gasteiger partial charge in [0.25, 0.3) is 0 Å². The Bertz CT molecular complexity index is 1020. The zero-order chi connectivity index (χ0) is 17.2. The summed E-state index contributed by atoms with van der Waals surface area (Å²) in [7, 11) is 0. The smallest absolute Gasteiger partial charge is 0.121 e. The molecular formula is C20H18FN3O. The second kappa shape index (κ2) is 6.43. The van der Waals surface area contributed by atoms with Crippen LogP contribution in [-0.4, -0.2) is 23.2 Å². The highest BCUT2D eigenvalue weighted by Crippen LogP contribution is 2.30. The molecule has 0 aliphatic heterocycles. The fourth-order valence-corrected chi connectivity index (χ4v) is 2.92. The maximum absolute atomic E-state index is 12.2. The van der Waals surface area contributed by atoms with Crippen molar-refractivity contribution in [2.45, 2.75) is 6.42 Å². The third-order valence-electron chi connectivity index (χ3n) is 4.19. The Kier molecular flexibility index (Phi) is 3.98. The molecule has 0 atom stereocenters. The second-order valence-corrected chi connectivity index (χ2v) is 5.97. The molecule has 2 heterocycles. The number of halogens is 1. The lowest BCUT2D eigenvalue weighted by molar-refractivity contribution is 0.290. The summed E-state index contributed by atoms with van der Waals surface area (Å²) in [4.78, 5) is 8.01. The Labute approximate surface area is 144 Å². The van der Waals surface area contributed by atoms with Crippen LogP contribution in [-0.2, 0) is 0 Å². The van der Waals surface area contributed by atoms with Crippen LogP contribution in [0.25, 0.3) is 33.1 Å². The summed E-state index contributed by atoms with van der Waals surface area (Å²) in [6.45, 7) is 0.00817. The summed E-state index contributed by atoms with van der Waals surface area (Å²) < 4.78 is 17.7. The van der Waals surface area contributed by atoms with E-state index >= 15 is 0 Å². The molecule has 0 saturated carbocycles. The number of ether oxygens (including phenoxy) is 1. The summed E-state index contributed by atoms with van der Waals surface area (Å²) in [5, 5.41) is 1.04. The monoisotopic (exact) mass is 335 g/mol. The maximum Gasteiger partial charge on any atom is 0.121 e. The van der Waals surface area contributed by atoms with E-state index in [1.165, 1.54) is 0 Å². The summed E-state index contributed by atoms with van der Waals surface area (Å²) in [6, 6.07) is 15.6. The van der Waals surface area contributed by atoms with Gasteiger partial charge in [0.05, 0.1) is 29.8 Å². The fourth-order valence-electron chi connectivity index (χ4n) is 2.92. The van der Waals surface area contributed by atoms with Gasteiger partial charge in [-0.05, 0) is 35.9 Å². The van der Waals surface area contributed by atoms with Crippen LogP contribution in [0.1, 0.15) is 6.42 Å². The van der Waals surface area contributed by atoms with Gasteiger partial charge in [-0.1, -0.05) is 12.1 Å². The van der Waals surface area contributed by atoms with Crippen LogP contribution in [0, 0.1) is 0 Å². The molecule has 4 aromatic rings. The first-order chi connectivity index (χ1) is 12.2. The normalized spacial score (nSPS) is 11.2. The van der Waals surface area contributed by atoms with Crippen molar-refractivity contribution in [3.05, 3.63) is 54.7 Å². The molecule has 2 aromatic heterocycles. The number of pyridine rings is 1. The molecule has 2 aromatic carbocycles. The van der Waals surface area contributed by atoms with E-state index < -0.39 is 0 Å². The van der Waals surface area contributed by atoms with Crippen LogP contribution in [0.5, 0.6) is 5.75 Å². The van der Waals surface area contributed by atoms with Gasteiger partial charge in [-0.15, -0.1) is 0 Å². The highest BCUT2D eigenvalue weighted by molar-refractivity contribution is 6.06. The van der Waals surface area contributed by atoms with Crippen LogP contribution in [0.4, 0.5) is 10.1 Å². The zero-order valence-corrected chi connectivity index (χ0v) is 13.6. The molecule has 4 rings (SSSR count). The van der Waals surface area contributed by atoms with E-state index in [1.54, 1.807) is 0 Å². The lowest BCUT2D eigenvalue weighted by atomic mass is 10.1. The molecule has 0 aliphatic carbocycles. The molecule has 0 spiro atoms. The quantitative estimate of drug-likeness (QED) is 0.410. The number of nitrogens with one attached hydrogen (secondary N) is 1. The number of H-pyrrole nitrogens is 1. The number of nitrogen functional groups attached to an aromatic ring is 1. The highest BCUT2D eigenvalue weighted by atomic mass is 19.1. The number of nitrogens with zero attached hydrogens (tertiary/aromatic N) is 1. The number of nitrogens with two attached hydrogens (primary N) is 1. The predicted molar refractivity (Wildman–Crippen MR) is 99.5 cm³/mol. The molecule has 0 aliphatic rings. The molecule has 4 nitrogen and oxygen atoms in total. The minimum absolute atomic E-state index is 0.369. The molecule has 3 N–H and O–H groups in total. The number of benzene rings is 2. The Morgan fingerprint density at radius 2 is 1.84 bits per heavy atom. The van der Waals surface area contributed by atoms with E-state index in [9.17, 15) is 4.39 Å². The number of hydrogen-bond acceptors (Lipinski definition) is 3. The van der Waals surface area contributed by atoms with E-state index in [2.05, 4.69) is 16.0 Å². The summed E-state index contributed by atoms with van der Waals surface area (Å²) >= 11 is 0.